The normalized spacial score (nSPS) is 12.4. The zero-order chi connectivity index (χ0) is 13.0. The molecule has 0 spiro atoms. The molecule has 1 atom stereocenters. The van der Waals surface area contributed by atoms with Gasteiger partial charge in [-0.05, 0) is 30.5 Å². The molecule has 0 aliphatic rings. The molecule has 0 saturated carbocycles. The number of benzene rings is 1. The predicted molar refractivity (Wildman–Crippen MR) is 69.5 cm³/mol. The molecule has 2 aromatic rings. The fraction of sp³-hybridized carbons (Fsp3) is 0.357. The van der Waals surface area contributed by atoms with Crippen LogP contribution in [0.15, 0.2) is 36.8 Å². The number of hydrogen-bond donors (Lipinski definition) is 1. The van der Waals surface area contributed by atoms with Crippen LogP contribution in [-0.4, -0.2) is 21.8 Å². The van der Waals surface area contributed by atoms with Crippen LogP contribution in [0.25, 0.3) is 0 Å². The molecule has 1 unspecified atom stereocenters. The first-order valence-corrected chi connectivity index (χ1v) is 5.98. The zero-order valence-electron chi connectivity index (χ0n) is 10.7. The second-order valence-corrected chi connectivity index (χ2v) is 4.37. The van der Waals surface area contributed by atoms with Gasteiger partial charge in [0.25, 0.3) is 0 Å². The summed E-state index contributed by atoms with van der Waals surface area (Å²) in [7, 11) is 3.55. The molecule has 96 valence electrons. The van der Waals surface area contributed by atoms with Crippen molar-refractivity contribution in [1.82, 2.24) is 9.55 Å². The molecule has 0 aliphatic heterocycles. The minimum atomic E-state index is -0.506. The highest BCUT2D eigenvalue weighted by Crippen LogP contribution is 2.18. The van der Waals surface area contributed by atoms with Crippen molar-refractivity contribution in [3.05, 3.63) is 48.0 Å². The number of imidazole rings is 1. The van der Waals surface area contributed by atoms with Crippen LogP contribution < -0.4 is 4.74 Å². The summed E-state index contributed by atoms with van der Waals surface area (Å²) in [5.41, 5.74) is 1.91. The van der Waals surface area contributed by atoms with Crippen molar-refractivity contribution in [3.8, 4) is 5.75 Å². The Morgan fingerprint density at radius 3 is 2.61 bits per heavy atom. The van der Waals surface area contributed by atoms with Gasteiger partial charge in [-0.25, -0.2) is 4.98 Å². The van der Waals surface area contributed by atoms with Gasteiger partial charge in [0.2, 0.25) is 0 Å². The van der Waals surface area contributed by atoms with Gasteiger partial charge in [0.15, 0.2) is 0 Å². The van der Waals surface area contributed by atoms with Gasteiger partial charge in [-0.2, -0.15) is 0 Å². The summed E-state index contributed by atoms with van der Waals surface area (Å²) in [5, 5.41) is 10.00. The van der Waals surface area contributed by atoms with E-state index in [0.717, 1.165) is 17.9 Å². The van der Waals surface area contributed by atoms with E-state index in [1.807, 2.05) is 42.1 Å². The third-order valence-electron chi connectivity index (χ3n) is 2.93. The Morgan fingerprint density at radius 1 is 1.33 bits per heavy atom. The van der Waals surface area contributed by atoms with Gasteiger partial charge in [0.1, 0.15) is 5.75 Å². The fourth-order valence-corrected chi connectivity index (χ4v) is 1.85. The Balaban J connectivity index is 1.90. The molecule has 0 aliphatic carbocycles. The third kappa shape index (κ3) is 3.11. The standard InChI is InChI=1S/C14H18N2O2/c1-16-9-13(15-10-16)14(17)8-5-11-3-6-12(18-2)7-4-11/h3-4,6-7,9-10,14,17H,5,8H2,1-2H3. The highest BCUT2D eigenvalue weighted by molar-refractivity contribution is 5.27. The first kappa shape index (κ1) is 12.6. The molecule has 1 aromatic carbocycles. The summed E-state index contributed by atoms with van der Waals surface area (Å²) in [6.07, 6.45) is 4.53. The van der Waals surface area contributed by atoms with E-state index in [9.17, 15) is 5.11 Å². The Kier molecular flexibility index (Phi) is 3.99. The van der Waals surface area contributed by atoms with Crippen LogP contribution in [-0.2, 0) is 13.5 Å². The Bertz CT molecular complexity index is 491. The van der Waals surface area contributed by atoms with E-state index in [4.69, 9.17) is 4.74 Å². The van der Waals surface area contributed by atoms with Crippen molar-refractivity contribution in [2.45, 2.75) is 18.9 Å². The Morgan fingerprint density at radius 2 is 2.06 bits per heavy atom. The van der Waals surface area contributed by atoms with Crippen molar-refractivity contribution in [3.63, 3.8) is 0 Å². The SMILES string of the molecule is COc1ccc(CCC(O)c2cn(C)cn2)cc1. The predicted octanol–water partition coefficient (Wildman–Crippen LogP) is 2.09. The zero-order valence-corrected chi connectivity index (χ0v) is 10.7. The topological polar surface area (TPSA) is 47.3 Å². The molecule has 0 bridgehead atoms. The van der Waals surface area contributed by atoms with Crippen molar-refractivity contribution < 1.29 is 9.84 Å². The number of nitrogens with zero attached hydrogens (tertiary/aromatic N) is 2. The van der Waals surface area contributed by atoms with E-state index in [-0.39, 0.29) is 0 Å². The molecule has 2 rings (SSSR count). The number of rotatable bonds is 5. The molecular weight excluding hydrogens is 228 g/mol. The number of ether oxygens (including phenoxy) is 1. The lowest BCUT2D eigenvalue weighted by molar-refractivity contribution is 0.163. The molecule has 18 heavy (non-hydrogen) atoms. The summed E-state index contributed by atoms with van der Waals surface area (Å²) >= 11 is 0. The average Bonchev–Trinajstić information content (AvgIpc) is 2.83. The molecular formula is C14H18N2O2. The van der Waals surface area contributed by atoms with Crippen molar-refractivity contribution >= 4 is 0 Å². The number of aliphatic hydroxyl groups excluding tert-OH is 1. The first-order valence-electron chi connectivity index (χ1n) is 5.98. The largest absolute Gasteiger partial charge is 0.497 e. The van der Waals surface area contributed by atoms with Crippen LogP contribution >= 0.6 is 0 Å². The van der Waals surface area contributed by atoms with E-state index < -0.39 is 6.10 Å². The van der Waals surface area contributed by atoms with Gasteiger partial charge in [0.05, 0.1) is 25.2 Å². The summed E-state index contributed by atoms with van der Waals surface area (Å²) in [5.74, 6) is 0.851. The molecule has 1 heterocycles. The first-order chi connectivity index (χ1) is 8.69. The van der Waals surface area contributed by atoms with E-state index in [1.54, 1.807) is 13.4 Å². The lowest BCUT2D eigenvalue weighted by Crippen LogP contribution is -2.00. The van der Waals surface area contributed by atoms with Crippen LogP contribution in [0.2, 0.25) is 0 Å². The fourth-order valence-electron chi connectivity index (χ4n) is 1.85. The van der Waals surface area contributed by atoms with Gasteiger partial charge in [0, 0.05) is 13.2 Å². The molecule has 0 radical (unpaired) electrons. The van der Waals surface area contributed by atoms with Crippen LogP contribution in [0.4, 0.5) is 0 Å². The maximum Gasteiger partial charge on any atom is 0.118 e. The Labute approximate surface area is 107 Å². The van der Waals surface area contributed by atoms with E-state index in [1.165, 1.54) is 5.56 Å². The van der Waals surface area contributed by atoms with Crippen LogP contribution in [0.3, 0.4) is 0 Å². The molecule has 0 fully saturated rings. The molecule has 1 N–H and O–H groups in total. The Hall–Kier alpha value is -1.81. The van der Waals surface area contributed by atoms with Crippen LogP contribution in [0.1, 0.15) is 23.8 Å². The maximum absolute atomic E-state index is 10.00. The van der Waals surface area contributed by atoms with Crippen molar-refractivity contribution in [2.24, 2.45) is 7.05 Å². The van der Waals surface area contributed by atoms with Crippen molar-refractivity contribution in [1.29, 1.82) is 0 Å². The maximum atomic E-state index is 10.00. The van der Waals surface area contributed by atoms with Crippen LogP contribution in [0, 0.1) is 0 Å². The quantitative estimate of drug-likeness (QED) is 0.878. The summed E-state index contributed by atoms with van der Waals surface area (Å²) < 4.78 is 6.94. The molecule has 0 amide bonds. The third-order valence-corrected chi connectivity index (χ3v) is 2.93. The molecule has 4 heteroatoms. The summed E-state index contributed by atoms with van der Waals surface area (Å²) in [6.45, 7) is 0. The minimum Gasteiger partial charge on any atom is -0.497 e. The lowest BCUT2D eigenvalue weighted by atomic mass is 10.1. The smallest absolute Gasteiger partial charge is 0.118 e. The lowest BCUT2D eigenvalue weighted by Gasteiger charge is -2.08. The highest BCUT2D eigenvalue weighted by atomic mass is 16.5. The number of hydrogen-bond acceptors (Lipinski definition) is 3. The molecule has 4 nitrogen and oxygen atoms in total. The van der Waals surface area contributed by atoms with Crippen LogP contribution in [0.5, 0.6) is 5.75 Å². The van der Waals surface area contributed by atoms with Gasteiger partial charge in [-0.3, -0.25) is 0 Å². The average molecular weight is 246 g/mol. The molecule has 0 saturated heterocycles. The minimum absolute atomic E-state index is 0.506. The monoisotopic (exact) mass is 246 g/mol. The number of aliphatic hydroxyl groups is 1. The van der Waals surface area contributed by atoms with E-state index in [2.05, 4.69) is 4.98 Å². The van der Waals surface area contributed by atoms with Gasteiger partial charge in [-0.15, -0.1) is 0 Å². The highest BCUT2D eigenvalue weighted by Gasteiger charge is 2.10. The van der Waals surface area contributed by atoms with Gasteiger partial charge in [-0.1, -0.05) is 12.1 Å². The van der Waals surface area contributed by atoms with Crippen molar-refractivity contribution in [2.75, 3.05) is 7.11 Å². The molecule has 1 aromatic heterocycles. The van der Waals surface area contributed by atoms with Gasteiger partial charge < -0.3 is 14.4 Å². The number of aryl methyl sites for hydroxylation is 2. The summed E-state index contributed by atoms with van der Waals surface area (Å²) in [6, 6.07) is 7.90. The second-order valence-electron chi connectivity index (χ2n) is 4.37. The van der Waals surface area contributed by atoms with E-state index >= 15 is 0 Å². The summed E-state index contributed by atoms with van der Waals surface area (Å²) in [4.78, 5) is 4.15. The van der Waals surface area contributed by atoms with Gasteiger partial charge >= 0.3 is 0 Å². The van der Waals surface area contributed by atoms with E-state index in [0.29, 0.717) is 6.42 Å². The number of methoxy groups -OCH3 is 1. The second kappa shape index (κ2) is 5.69. The number of aromatic nitrogens is 2.